The van der Waals surface area contributed by atoms with Gasteiger partial charge in [-0.15, -0.1) is 0 Å². The maximum absolute atomic E-state index is 12.9. The third-order valence-corrected chi connectivity index (χ3v) is 3.74. The number of amides is 1. The molecule has 150 valence electrons. The Balaban J connectivity index is 1.74. The molecule has 0 aliphatic carbocycles. The minimum Gasteiger partial charge on any atom is -0.489 e. The monoisotopic (exact) mass is 386 g/mol. The van der Waals surface area contributed by atoms with E-state index in [1.807, 2.05) is 32.0 Å². The molecule has 0 heterocycles. The van der Waals surface area contributed by atoms with Crippen molar-refractivity contribution < 1.29 is 13.9 Å². The molecule has 0 fully saturated rings. The molecule has 1 atom stereocenters. The van der Waals surface area contributed by atoms with Gasteiger partial charge in [-0.05, 0) is 50.2 Å². The maximum Gasteiger partial charge on any atom is 0.251 e. The van der Waals surface area contributed by atoms with E-state index in [1.54, 1.807) is 24.3 Å². The lowest BCUT2D eigenvalue weighted by molar-refractivity contribution is 0.0954. The molecule has 7 heteroatoms. The number of hydrogen-bond donors (Lipinski definition) is 3. The topological polar surface area (TPSA) is 74.8 Å². The Morgan fingerprint density at radius 2 is 1.71 bits per heavy atom. The average Bonchev–Trinajstić information content (AvgIpc) is 2.71. The van der Waals surface area contributed by atoms with Gasteiger partial charge < -0.3 is 20.7 Å². The molecule has 0 radical (unpaired) electrons. The fourth-order valence-corrected chi connectivity index (χ4v) is 2.39. The van der Waals surface area contributed by atoms with Gasteiger partial charge in [0.2, 0.25) is 0 Å². The molecule has 0 saturated carbocycles. The zero-order valence-electron chi connectivity index (χ0n) is 16.2. The first-order valence-electron chi connectivity index (χ1n) is 9.36. The Hall–Kier alpha value is -3.09. The Morgan fingerprint density at radius 3 is 2.39 bits per heavy atom. The fraction of sp³-hybridized carbons (Fsp3) is 0.333. The van der Waals surface area contributed by atoms with Crippen LogP contribution in [-0.2, 0) is 0 Å². The second-order valence-corrected chi connectivity index (χ2v) is 6.15. The van der Waals surface area contributed by atoms with Gasteiger partial charge in [-0.1, -0.05) is 18.2 Å². The molecule has 0 aliphatic rings. The summed E-state index contributed by atoms with van der Waals surface area (Å²) in [6.45, 7) is 6.04. The zero-order valence-corrected chi connectivity index (χ0v) is 16.2. The number of halogens is 1. The van der Waals surface area contributed by atoms with Crippen LogP contribution in [-0.4, -0.2) is 44.1 Å². The quantitative estimate of drug-likeness (QED) is 0.352. The first-order chi connectivity index (χ1) is 13.6. The van der Waals surface area contributed by atoms with Gasteiger partial charge in [-0.3, -0.25) is 4.79 Å². The molecule has 28 heavy (non-hydrogen) atoms. The summed E-state index contributed by atoms with van der Waals surface area (Å²) in [6, 6.07) is 15.0. The van der Waals surface area contributed by atoms with Crippen LogP contribution in [0, 0.1) is 5.82 Å². The van der Waals surface area contributed by atoms with Gasteiger partial charge in [0.1, 0.15) is 17.7 Å². The van der Waals surface area contributed by atoms with Gasteiger partial charge in [0, 0.05) is 25.2 Å². The fourth-order valence-electron chi connectivity index (χ4n) is 2.39. The Kier molecular flexibility index (Phi) is 8.78. The lowest BCUT2D eigenvalue weighted by Crippen LogP contribution is -2.42. The highest BCUT2D eigenvalue weighted by Crippen LogP contribution is 2.13. The predicted octanol–water partition coefficient (Wildman–Crippen LogP) is 2.58. The molecule has 0 aliphatic heterocycles. The summed E-state index contributed by atoms with van der Waals surface area (Å²) < 4.78 is 18.7. The first-order valence-corrected chi connectivity index (χ1v) is 9.36. The van der Waals surface area contributed by atoms with Crippen LogP contribution in [0.5, 0.6) is 5.75 Å². The van der Waals surface area contributed by atoms with Gasteiger partial charge >= 0.3 is 0 Å². The maximum atomic E-state index is 12.9. The van der Waals surface area contributed by atoms with Gasteiger partial charge in [-0.25, -0.2) is 9.38 Å². The van der Waals surface area contributed by atoms with Crippen molar-refractivity contribution in [2.75, 3.05) is 26.2 Å². The number of carbonyl (C=O) groups is 1. The molecule has 0 bridgehead atoms. The van der Waals surface area contributed by atoms with E-state index < -0.39 is 0 Å². The standard InChI is InChI=1S/C21H27FN4O2/c1-3-23-21(25-14-13-24-20(27)17-7-5-4-6-8-17)26-15-16(2)28-19-11-9-18(22)10-12-19/h4-12,16H,3,13-15H2,1-2H3,(H,24,27)(H2,23,25,26). The number of aliphatic imine (C=N–C) groups is 1. The summed E-state index contributed by atoms with van der Waals surface area (Å²) >= 11 is 0. The average molecular weight is 386 g/mol. The van der Waals surface area contributed by atoms with Crippen molar-refractivity contribution in [3.8, 4) is 5.75 Å². The van der Waals surface area contributed by atoms with Crippen LogP contribution >= 0.6 is 0 Å². The van der Waals surface area contributed by atoms with E-state index in [0.717, 1.165) is 6.54 Å². The number of nitrogens with zero attached hydrogens (tertiary/aromatic N) is 1. The number of benzene rings is 2. The predicted molar refractivity (Wildman–Crippen MR) is 109 cm³/mol. The molecule has 1 unspecified atom stereocenters. The van der Waals surface area contributed by atoms with E-state index in [2.05, 4.69) is 20.9 Å². The third kappa shape index (κ3) is 7.65. The molecule has 1 amide bonds. The summed E-state index contributed by atoms with van der Waals surface area (Å²) in [5, 5.41) is 9.18. The molecule has 2 aromatic carbocycles. The van der Waals surface area contributed by atoms with Crippen LogP contribution < -0.4 is 20.7 Å². The van der Waals surface area contributed by atoms with Crippen molar-refractivity contribution in [3.63, 3.8) is 0 Å². The molecule has 0 spiro atoms. The SMILES string of the molecule is CCNC(=NCC(C)Oc1ccc(F)cc1)NCCNC(=O)c1ccccc1. The second-order valence-electron chi connectivity index (χ2n) is 6.15. The van der Waals surface area contributed by atoms with Gasteiger partial charge in [-0.2, -0.15) is 0 Å². The van der Waals surface area contributed by atoms with Crippen molar-refractivity contribution in [1.29, 1.82) is 0 Å². The van der Waals surface area contributed by atoms with E-state index in [0.29, 0.717) is 36.9 Å². The molecule has 2 aromatic rings. The second kappa shape index (κ2) is 11.6. The number of nitrogens with one attached hydrogen (secondary N) is 3. The third-order valence-electron chi connectivity index (χ3n) is 3.74. The smallest absolute Gasteiger partial charge is 0.251 e. The van der Waals surface area contributed by atoms with Crippen LogP contribution in [0.15, 0.2) is 59.6 Å². The molecule has 6 nitrogen and oxygen atoms in total. The highest BCUT2D eigenvalue weighted by Gasteiger charge is 2.06. The Bertz CT molecular complexity index is 751. The lowest BCUT2D eigenvalue weighted by Gasteiger charge is -2.15. The summed E-state index contributed by atoms with van der Waals surface area (Å²) in [4.78, 5) is 16.5. The van der Waals surface area contributed by atoms with Gasteiger partial charge in [0.25, 0.3) is 5.91 Å². The van der Waals surface area contributed by atoms with E-state index in [4.69, 9.17) is 4.74 Å². The lowest BCUT2D eigenvalue weighted by atomic mass is 10.2. The molecule has 0 aromatic heterocycles. The summed E-state index contributed by atoms with van der Waals surface area (Å²) in [5.41, 5.74) is 0.634. The van der Waals surface area contributed by atoms with Crippen LogP contribution in [0.25, 0.3) is 0 Å². The minimum absolute atomic E-state index is 0.106. The van der Waals surface area contributed by atoms with Crippen LogP contribution in [0.1, 0.15) is 24.2 Å². The Labute approximate surface area is 165 Å². The number of carbonyl (C=O) groups excluding carboxylic acids is 1. The number of ether oxygens (including phenoxy) is 1. The van der Waals surface area contributed by atoms with E-state index in [9.17, 15) is 9.18 Å². The highest BCUT2D eigenvalue weighted by atomic mass is 19.1. The largest absolute Gasteiger partial charge is 0.489 e. The molecular formula is C21H27FN4O2. The molecule has 2 rings (SSSR count). The van der Waals surface area contributed by atoms with Gasteiger partial charge in [0.05, 0.1) is 6.54 Å². The van der Waals surface area contributed by atoms with Crippen molar-refractivity contribution in [2.24, 2.45) is 4.99 Å². The highest BCUT2D eigenvalue weighted by molar-refractivity contribution is 5.94. The van der Waals surface area contributed by atoms with Crippen LogP contribution in [0.4, 0.5) is 4.39 Å². The van der Waals surface area contributed by atoms with Crippen molar-refractivity contribution in [3.05, 3.63) is 66.0 Å². The first kappa shape index (κ1) is 21.2. The van der Waals surface area contributed by atoms with Crippen molar-refractivity contribution in [1.82, 2.24) is 16.0 Å². The normalized spacial score (nSPS) is 12.2. The Morgan fingerprint density at radius 1 is 1.04 bits per heavy atom. The number of rotatable bonds is 9. The zero-order chi connectivity index (χ0) is 20.2. The van der Waals surface area contributed by atoms with Crippen molar-refractivity contribution in [2.45, 2.75) is 20.0 Å². The number of guanidine groups is 1. The van der Waals surface area contributed by atoms with E-state index in [1.165, 1.54) is 12.1 Å². The van der Waals surface area contributed by atoms with E-state index >= 15 is 0 Å². The number of hydrogen-bond acceptors (Lipinski definition) is 3. The molecular weight excluding hydrogens is 359 g/mol. The van der Waals surface area contributed by atoms with E-state index in [-0.39, 0.29) is 17.8 Å². The summed E-state index contributed by atoms with van der Waals surface area (Å²) in [7, 11) is 0. The van der Waals surface area contributed by atoms with Crippen LogP contribution in [0.3, 0.4) is 0 Å². The minimum atomic E-state index is -0.295. The van der Waals surface area contributed by atoms with Crippen LogP contribution in [0.2, 0.25) is 0 Å². The van der Waals surface area contributed by atoms with Gasteiger partial charge in [0.15, 0.2) is 5.96 Å². The summed E-state index contributed by atoms with van der Waals surface area (Å²) in [5.74, 6) is 0.846. The van der Waals surface area contributed by atoms with Crippen molar-refractivity contribution >= 4 is 11.9 Å². The molecule has 3 N–H and O–H groups in total. The molecule has 0 saturated heterocycles. The summed E-state index contributed by atoms with van der Waals surface area (Å²) in [6.07, 6.45) is -0.168.